The molecule has 138 valence electrons. The van der Waals surface area contributed by atoms with Gasteiger partial charge in [-0.3, -0.25) is 9.59 Å². The molecule has 1 N–H and O–H groups in total. The van der Waals surface area contributed by atoms with Crippen LogP contribution in [0, 0.1) is 5.41 Å². The van der Waals surface area contributed by atoms with Gasteiger partial charge in [-0.2, -0.15) is 0 Å². The van der Waals surface area contributed by atoms with Crippen molar-refractivity contribution in [2.75, 3.05) is 38.5 Å². The van der Waals surface area contributed by atoms with E-state index in [1.807, 2.05) is 17.0 Å². The van der Waals surface area contributed by atoms with E-state index in [0.29, 0.717) is 19.5 Å². The molecule has 1 aromatic rings. The maximum atomic E-state index is 12.9. The molecule has 0 aliphatic carbocycles. The average molecular weight is 383 g/mol. The molecule has 0 aromatic carbocycles. The second kappa shape index (κ2) is 8.10. The van der Waals surface area contributed by atoms with Crippen LogP contribution in [0.2, 0.25) is 0 Å². The summed E-state index contributed by atoms with van der Waals surface area (Å²) in [6.07, 6.45) is 3.40. The van der Waals surface area contributed by atoms with E-state index >= 15 is 0 Å². The molecule has 25 heavy (non-hydrogen) atoms. The first kappa shape index (κ1) is 18.7. The molecule has 0 bridgehead atoms. The number of hydrogen-bond acceptors (Lipinski definition) is 5. The Balaban J connectivity index is 1.69. The Morgan fingerprint density at radius 3 is 2.96 bits per heavy atom. The van der Waals surface area contributed by atoms with Crippen LogP contribution in [-0.4, -0.2) is 65.3 Å². The predicted molar refractivity (Wildman–Crippen MR) is 101 cm³/mol. The number of thioether (sulfide) groups is 1. The van der Waals surface area contributed by atoms with E-state index in [1.165, 1.54) is 4.21 Å². The summed E-state index contributed by atoms with van der Waals surface area (Å²) < 4.78 is 1.19. The largest absolute Gasteiger partial charge is 0.395 e. The molecule has 1 aromatic heterocycles. The molecule has 1 atom stereocenters. The van der Waals surface area contributed by atoms with Crippen LogP contribution in [0.25, 0.3) is 0 Å². The first-order valence-corrected chi connectivity index (χ1v) is 10.8. The smallest absolute Gasteiger partial charge is 0.263 e. The molecule has 2 fully saturated rings. The van der Waals surface area contributed by atoms with Gasteiger partial charge in [-0.25, -0.2) is 0 Å². The van der Waals surface area contributed by atoms with E-state index < -0.39 is 0 Å². The average Bonchev–Trinajstić information content (AvgIpc) is 3.07. The maximum Gasteiger partial charge on any atom is 0.263 e. The SMILES string of the molecule is CCSc1ccc(C(=O)N2CCCC3(CCC(=O)N(CCO)C3)C2)s1. The van der Waals surface area contributed by atoms with Gasteiger partial charge in [0, 0.05) is 38.0 Å². The van der Waals surface area contributed by atoms with Gasteiger partial charge >= 0.3 is 0 Å². The molecular formula is C18H26N2O3S2. The van der Waals surface area contributed by atoms with Crippen molar-refractivity contribution in [3.8, 4) is 0 Å². The first-order valence-electron chi connectivity index (χ1n) is 8.97. The summed E-state index contributed by atoms with van der Waals surface area (Å²) in [7, 11) is 0. The van der Waals surface area contributed by atoms with Gasteiger partial charge in [-0.05, 0) is 37.1 Å². The lowest BCUT2D eigenvalue weighted by Crippen LogP contribution is -2.55. The number of rotatable bonds is 5. The number of amides is 2. The Kier molecular flexibility index (Phi) is 6.07. The summed E-state index contributed by atoms with van der Waals surface area (Å²) >= 11 is 3.35. The van der Waals surface area contributed by atoms with Crippen molar-refractivity contribution in [1.29, 1.82) is 0 Å². The summed E-state index contributed by atoms with van der Waals surface area (Å²) in [4.78, 5) is 29.5. The van der Waals surface area contributed by atoms with Gasteiger partial charge in [0.2, 0.25) is 5.91 Å². The third-order valence-corrected chi connectivity index (χ3v) is 7.33. The number of aliphatic hydroxyl groups is 1. The van der Waals surface area contributed by atoms with E-state index in [9.17, 15) is 14.7 Å². The summed E-state index contributed by atoms with van der Waals surface area (Å²) in [6.45, 7) is 4.69. The fourth-order valence-corrected chi connectivity index (χ4v) is 5.96. The van der Waals surface area contributed by atoms with Crippen LogP contribution in [-0.2, 0) is 4.79 Å². The highest BCUT2D eigenvalue weighted by molar-refractivity contribution is 8.01. The minimum absolute atomic E-state index is 0.00245. The fraction of sp³-hybridized carbons (Fsp3) is 0.667. The number of likely N-dealkylation sites (tertiary alicyclic amines) is 2. The van der Waals surface area contributed by atoms with E-state index in [4.69, 9.17) is 0 Å². The summed E-state index contributed by atoms with van der Waals surface area (Å²) in [5.41, 5.74) is -0.00471. The summed E-state index contributed by atoms with van der Waals surface area (Å²) in [5.74, 6) is 1.26. The topological polar surface area (TPSA) is 60.9 Å². The molecule has 5 nitrogen and oxygen atoms in total. The lowest BCUT2D eigenvalue weighted by atomic mass is 9.73. The minimum Gasteiger partial charge on any atom is -0.395 e. The molecule has 2 aliphatic rings. The molecule has 2 saturated heterocycles. The van der Waals surface area contributed by atoms with Gasteiger partial charge in [0.05, 0.1) is 15.7 Å². The van der Waals surface area contributed by atoms with Gasteiger partial charge in [-0.1, -0.05) is 6.92 Å². The van der Waals surface area contributed by atoms with Crippen molar-refractivity contribution >= 4 is 34.9 Å². The summed E-state index contributed by atoms with van der Waals surface area (Å²) in [5, 5.41) is 9.20. The van der Waals surface area contributed by atoms with Crippen molar-refractivity contribution in [3.63, 3.8) is 0 Å². The quantitative estimate of drug-likeness (QED) is 0.796. The highest BCUT2D eigenvalue weighted by atomic mass is 32.2. The zero-order valence-corrected chi connectivity index (χ0v) is 16.3. The van der Waals surface area contributed by atoms with Crippen LogP contribution in [0.4, 0.5) is 0 Å². The van der Waals surface area contributed by atoms with E-state index in [-0.39, 0.29) is 23.8 Å². The number of piperidine rings is 2. The molecule has 0 saturated carbocycles. The molecule has 7 heteroatoms. The van der Waals surface area contributed by atoms with Crippen molar-refractivity contribution in [2.45, 2.75) is 36.8 Å². The molecule has 0 radical (unpaired) electrons. The Morgan fingerprint density at radius 2 is 2.20 bits per heavy atom. The van der Waals surface area contributed by atoms with Crippen LogP contribution in [0.5, 0.6) is 0 Å². The standard InChI is InChI=1S/C18H26N2O3S2/c1-2-24-16-5-4-14(25-16)17(23)20-9-3-7-18(13-20)8-6-15(22)19(12-18)10-11-21/h4-5,21H,2-3,6-13H2,1H3. The van der Waals surface area contributed by atoms with Crippen molar-refractivity contribution in [1.82, 2.24) is 9.80 Å². The van der Waals surface area contributed by atoms with Gasteiger partial charge in [0.15, 0.2) is 0 Å². The Morgan fingerprint density at radius 1 is 1.36 bits per heavy atom. The van der Waals surface area contributed by atoms with E-state index in [2.05, 4.69) is 6.92 Å². The van der Waals surface area contributed by atoms with E-state index in [1.54, 1.807) is 28.0 Å². The monoisotopic (exact) mass is 382 g/mol. The molecular weight excluding hydrogens is 356 g/mol. The van der Waals surface area contributed by atoms with Crippen LogP contribution < -0.4 is 0 Å². The zero-order chi connectivity index (χ0) is 17.9. The number of nitrogens with zero attached hydrogens (tertiary/aromatic N) is 2. The fourth-order valence-electron chi connectivity index (χ4n) is 3.95. The van der Waals surface area contributed by atoms with Gasteiger partial charge in [0.25, 0.3) is 5.91 Å². The maximum absolute atomic E-state index is 12.9. The van der Waals surface area contributed by atoms with Crippen molar-refractivity contribution in [3.05, 3.63) is 17.0 Å². The molecule has 2 amide bonds. The zero-order valence-electron chi connectivity index (χ0n) is 14.7. The number of hydrogen-bond donors (Lipinski definition) is 1. The van der Waals surface area contributed by atoms with Crippen LogP contribution in [0.1, 0.15) is 42.3 Å². The second-order valence-corrected chi connectivity index (χ2v) is 9.57. The molecule has 1 spiro atoms. The minimum atomic E-state index is -0.00471. The van der Waals surface area contributed by atoms with Crippen LogP contribution in [0.15, 0.2) is 16.3 Å². The van der Waals surface area contributed by atoms with Crippen molar-refractivity contribution < 1.29 is 14.7 Å². The third kappa shape index (κ3) is 4.20. The predicted octanol–water partition coefficient (Wildman–Crippen LogP) is 2.70. The number of β-amino-alcohol motifs (C(OH)–C–C–N with tert-alkyl or cyclic N) is 1. The number of thiophene rings is 1. The van der Waals surface area contributed by atoms with Gasteiger partial charge in [-0.15, -0.1) is 23.1 Å². The lowest BCUT2D eigenvalue weighted by molar-refractivity contribution is -0.139. The van der Waals surface area contributed by atoms with Crippen LogP contribution in [0.3, 0.4) is 0 Å². The van der Waals surface area contributed by atoms with Gasteiger partial charge < -0.3 is 14.9 Å². The molecule has 3 rings (SSSR count). The molecule has 3 heterocycles. The highest BCUT2D eigenvalue weighted by Crippen LogP contribution is 2.39. The second-order valence-electron chi connectivity index (χ2n) is 6.92. The lowest BCUT2D eigenvalue weighted by Gasteiger charge is -2.48. The van der Waals surface area contributed by atoms with Gasteiger partial charge in [0.1, 0.15) is 0 Å². The molecule has 1 unspecified atom stereocenters. The third-order valence-electron chi connectivity index (χ3n) is 5.15. The Bertz CT molecular complexity index is 634. The normalized spacial score (nSPS) is 24.2. The van der Waals surface area contributed by atoms with Crippen LogP contribution >= 0.6 is 23.1 Å². The van der Waals surface area contributed by atoms with E-state index in [0.717, 1.165) is 43.0 Å². The number of carbonyl (C=O) groups is 2. The number of aliphatic hydroxyl groups excluding tert-OH is 1. The highest BCUT2D eigenvalue weighted by Gasteiger charge is 2.42. The summed E-state index contributed by atoms with van der Waals surface area (Å²) in [6, 6.07) is 3.97. The molecule has 2 aliphatic heterocycles. The number of carbonyl (C=O) groups excluding carboxylic acids is 2. The van der Waals surface area contributed by atoms with Crippen molar-refractivity contribution in [2.24, 2.45) is 5.41 Å². The Hall–Kier alpha value is -1.05. The first-order chi connectivity index (χ1) is 12.1. The Labute approximate surface area is 157 Å².